The number of hydrazine groups is 1. The molecule has 1 aromatic rings. The second-order valence-corrected chi connectivity index (χ2v) is 4.69. The molecule has 0 aliphatic carbocycles. The molecule has 114 valence electrons. The molecule has 1 aromatic carbocycles. The molecule has 0 radical (unpaired) electrons. The van der Waals surface area contributed by atoms with E-state index >= 15 is 0 Å². The van der Waals surface area contributed by atoms with Crippen LogP contribution >= 0.6 is 0 Å². The van der Waals surface area contributed by atoms with Gasteiger partial charge in [0.05, 0.1) is 18.9 Å². The normalized spacial score (nSPS) is 21.4. The molecular formula is C14H21N5O2. The fourth-order valence-electron chi connectivity index (χ4n) is 2.08. The molecule has 0 fully saturated rings. The van der Waals surface area contributed by atoms with Crippen LogP contribution in [0, 0.1) is 0 Å². The Morgan fingerprint density at radius 3 is 3.10 bits per heavy atom. The van der Waals surface area contributed by atoms with E-state index in [9.17, 15) is 5.11 Å². The Bertz CT molecular complexity index is 508. The lowest BCUT2D eigenvalue weighted by Gasteiger charge is -2.36. The predicted octanol–water partition coefficient (Wildman–Crippen LogP) is -0.650. The van der Waals surface area contributed by atoms with Gasteiger partial charge >= 0.3 is 0 Å². The number of hydrazone groups is 1. The van der Waals surface area contributed by atoms with Crippen LogP contribution in [-0.2, 0) is 10.6 Å². The molecule has 0 saturated heterocycles. The molecule has 0 aromatic heterocycles. The minimum Gasteiger partial charge on any atom is -0.389 e. The van der Waals surface area contributed by atoms with Gasteiger partial charge in [0, 0.05) is 24.2 Å². The van der Waals surface area contributed by atoms with Crippen molar-refractivity contribution in [2.24, 2.45) is 10.9 Å². The number of benzene rings is 1. The van der Waals surface area contributed by atoms with Gasteiger partial charge in [-0.15, -0.1) is 6.58 Å². The molecule has 2 rings (SSSR count). The van der Waals surface area contributed by atoms with Crippen molar-refractivity contribution < 1.29 is 9.84 Å². The molecule has 21 heavy (non-hydrogen) atoms. The van der Waals surface area contributed by atoms with Crippen LogP contribution in [0.25, 0.3) is 0 Å². The summed E-state index contributed by atoms with van der Waals surface area (Å²) >= 11 is 0. The molecule has 6 N–H and O–H groups in total. The van der Waals surface area contributed by atoms with Crippen LogP contribution in [0.15, 0.2) is 42.0 Å². The fraction of sp³-hybridized carbons (Fsp3) is 0.357. The molecule has 7 nitrogen and oxygen atoms in total. The van der Waals surface area contributed by atoms with Gasteiger partial charge < -0.3 is 15.2 Å². The fourth-order valence-corrected chi connectivity index (χ4v) is 2.08. The molecule has 1 aliphatic rings. The number of rotatable bonds is 8. The average Bonchev–Trinajstić information content (AvgIpc) is 2.53. The first-order valence-electron chi connectivity index (χ1n) is 6.73. The van der Waals surface area contributed by atoms with Crippen LogP contribution in [0.5, 0.6) is 0 Å². The van der Waals surface area contributed by atoms with Gasteiger partial charge in [0.1, 0.15) is 0 Å². The predicted molar refractivity (Wildman–Crippen MR) is 81.2 cm³/mol. The van der Waals surface area contributed by atoms with Crippen LogP contribution < -0.4 is 22.0 Å². The minimum atomic E-state index is -1.15. The van der Waals surface area contributed by atoms with Crippen molar-refractivity contribution >= 4 is 6.21 Å². The number of aliphatic hydroxyl groups excluding tert-OH is 1. The van der Waals surface area contributed by atoms with Crippen LogP contribution in [-0.4, -0.2) is 37.1 Å². The average molecular weight is 291 g/mol. The molecule has 0 spiro atoms. The number of hydrogen-bond donors (Lipinski definition) is 5. The first kappa shape index (κ1) is 15.6. The van der Waals surface area contributed by atoms with E-state index in [1.54, 1.807) is 12.3 Å². The topological polar surface area (TPSA) is 104 Å². The molecule has 1 heterocycles. The summed E-state index contributed by atoms with van der Waals surface area (Å²) in [7, 11) is 0. The highest BCUT2D eigenvalue weighted by atomic mass is 16.5. The van der Waals surface area contributed by atoms with E-state index in [-0.39, 0.29) is 6.61 Å². The highest BCUT2D eigenvalue weighted by Gasteiger charge is 2.36. The number of hydrogen-bond acceptors (Lipinski definition) is 7. The lowest BCUT2D eigenvalue weighted by molar-refractivity contribution is -0.128. The Morgan fingerprint density at radius 2 is 2.33 bits per heavy atom. The van der Waals surface area contributed by atoms with Crippen molar-refractivity contribution in [1.82, 2.24) is 16.2 Å². The van der Waals surface area contributed by atoms with E-state index in [1.165, 1.54) is 0 Å². The standard InChI is InChI=1S/C14H21N5O2/c1-2-7-16-9-12(20)10-21-14(18-15)13-6-4-3-5-11(13)8-17-19-14/h2-6,8,12,16,18-20H,1,7,9-10,15H2. The third-order valence-electron chi connectivity index (χ3n) is 3.13. The Balaban J connectivity index is 2.02. The van der Waals surface area contributed by atoms with Crippen molar-refractivity contribution in [3.05, 3.63) is 48.0 Å². The van der Waals surface area contributed by atoms with Gasteiger partial charge in [0.2, 0.25) is 0 Å². The van der Waals surface area contributed by atoms with Crippen molar-refractivity contribution in [3.63, 3.8) is 0 Å². The smallest absolute Gasteiger partial charge is 0.251 e. The Kier molecular flexibility index (Phi) is 5.43. The number of fused-ring (bicyclic) bond motifs is 1. The van der Waals surface area contributed by atoms with Crippen LogP contribution in [0.2, 0.25) is 0 Å². The zero-order valence-electron chi connectivity index (χ0n) is 11.7. The maximum Gasteiger partial charge on any atom is 0.251 e. The number of nitrogens with two attached hydrogens (primary N) is 1. The lowest BCUT2D eigenvalue weighted by atomic mass is 10.0. The molecule has 7 heteroatoms. The van der Waals surface area contributed by atoms with E-state index in [0.717, 1.165) is 11.1 Å². The van der Waals surface area contributed by atoms with Gasteiger partial charge in [-0.25, -0.2) is 5.43 Å². The van der Waals surface area contributed by atoms with Gasteiger partial charge in [-0.2, -0.15) is 5.10 Å². The number of ether oxygens (including phenoxy) is 1. The number of nitrogens with zero attached hydrogens (tertiary/aromatic N) is 1. The van der Waals surface area contributed by atoms with Gasteiger partial charge in [0.25, 0.3) is 5.85 Å². The summed E-state index contributed by atoms with van der Waals surface area (Å²) in [6, 6.07) is 7.59. The van der Waals surface area contributed by atoms with E-state index in [0.29, 0.717) is 13.1 Å². The Hall–Kier alpha value is -1.77. The first-order valence-corrected chi connectivity index (χ1v) is 6.73. The van der Waals surface area contributed by atoms with E-state index in [2.05, 4.69) is 27.8 Å². The summed E-state index contributed by atoms with van der Waals surface area (Å²) < 4.78 is 5.76. The molecule has 0 saturated carbocycles. The molecular weight excluding hydrogens is 270 g/mol. The first-order chi connectivity index (χ1) is 10.2. The number of aliphatic hydroxyl groups is 1. The van der Waals surface area contributed by atoms with Crippen molar-refractivity contribution in [2.45, 2.75) is 12.0 Å². The van der Waals surface area contributed by atoms with Crippen LogP contribution in [0.3, 0.4) is 0 Å². The van der Waals surface area contributed by atoms with Gasteiger partial charge in [-0.05, 0) is 0 Å². The second-order valence-electron chi connectivity index (χ2n) is 4.69. The zero-order chi connectivity index (χ0) is 15.1. The van der Waals surface area contributed by atoms with Gasteiger partial charge in [-0.3, -0.25) is 11.3 Å². The van der Waals surface area contributed by atoms with Gasteiger partial charge in [-0.1, -0.05) is 30.3 Å². The summed E-state index contributed by atoms with van der Waals surface area (Å²) in [6.45, 7) is 4.72. The van der Waals surface area contributed by atoms with Crippen molar-refractivity contribution in [1.29, 1.82) is 0 Å². The van der Waals surface area contributed by atoms with Crippen molar-refractivity contribution in [3.8, 4) is 0 Å². The highest BCUT2D eigenvalue weighted by molar-refractivity contribution is 5.83. The van der Waals surface area contributed by atoms with E-state index in [4.69, 9.17) is 10.6 Å². The SMILES string of the molecule is C=CCNCC(O)COC1(NN)NN=Cc2ccccc21. The molecule has 0 bridgehead atoms. The minimum absolute atomic E-state index is 0.0885. The molecule has 1 aliphatic heterocycles. The van der Waals surface area contributed by atoms with Crippen molar-refractivity contribution in [2.75, 3.05) is 19.7 Å². The molecule has 2 atom stereocenters. The maximum absolute atomic E-state index is 9.91. The lowest BCUT2D eigenvalue weighted by Crippen LogP contribution is -2.59. The summed E-state index contributed by atoms with van der Waals surface area (Å²) in [5.41, 5.74) is 7.14. The monoisotopic (exact) mass is 291 g/mol. The summed E-state index contributed by atoms with van der Waals surface area (Å²) in [6.07, 6.45) is 2.75. The maximum atomic E-state index is 9.91. The van der Waals surface area contributed by atoms with Crippen LogP contribution in [0.1, 0.15) is 11.1 Å². The third kappa shape index (κ3) is 3.66. The van der Waals surface area contributed by atoms with Crippen LogP contribution in [0.4, 0.5) is 0 Å². The second kappa shape index (κ2) is 7.30. The molecule has 2 unspecified atom stereocenters. The Labute approximate surface area is 123 Å². The van der Waals surface area contributed by atoms with E-state index < -0.39 is 12.0 Å². The highest BCUT2D eigenvalue weighted by Crippen LogP contribution is 2.25. The quantitative estimate of drug-likeness (QED) is 0.143. The summed E-state index contributed by atoms with van der Waals surface area (Å²) in [5.74, 6) is 4.49. The van der Waals surface area contributed by atoms with E-state index in [1.807, 2.05) is 24.3 Å². The molecule has 0 amide bonds. The summed E-state index contributed by atoms with van der Waals surface area (Å²) in [5, 5.41) is 17.0. The zero-order valence-corrected chi connectivity index (χ0v) is 11.7. The Morgan fingerprint density at radius 1 is 1.52 bits per heavy atom. The third-order valence-corrected chi connectivity index (χ3v) is 3.13. The largest absolute Gasteiger partial charge is 0.389 e. The van der Waals surface area contributed by atoms with Gasteiger partial charge in [0.15, 0.2) is 0 Å². The number of nitrogens with one attached hydrogen (secondary N) is 3. The summed E-state index contributed by atoms with van der Waals surface area (Å²) in [4.78, 5) is 0.